The maximum absolute atomic E-state index is 7.55. The Balaban J connectivity index is 0.00000114. The second-order valence-electron chi connectivity index (χ2n) is 15.2. The number of methoxy groups -OCH3 is 1. The number of hydrogen-bond acceptors (Lipinski definition) is 3. The Morgan fingerprint density at radius 3 is 2.04 bits per heavy atom. The van der Waals surface area contributed by atoms with E-state index in [9.17, 15) is 0 Å². The molecule has 9 rings (SSSR count). The highest BCUT2D eigenvalue weighted by molar-refractivity contribution is 6.06. The molecule has 256 valence electrons. The van der Waals surface area contributed by atoms with Crippen LogP contribution in [0.1, 0.15) is 117 Å². The number of hydrogen-bond donors (Lipinski definition) is 0. The summed E-state index contributed by atoms with van der Waals surface area (Å²) in [7, 11) is 1.87. The fourth-order valence-corrected chi connectivity index (χ4v) is 8.52. The van der Waals surface area contributed by atoms with Gasteiger partial charge in [0.05, 0.1) is 12.2 Å². The lowest BCUT2D eigenvalue weighted by atomic mass is 9.63. The summed E-state index contributed by atoms with van der Waals surface area (Å²) in [5, 5.41) is 2.41. The van der Waals surface area contributed by atoms with Crippen molar-refractivity contribution in [1.82, 2.24) is 0 Å². The van der Waals surface area contributed by atoms with Gasteiger partial charge in [0.1, 0.15) is 11.5 Å². The molecule has 2 saturated carbocycles. The summed E-state index contributed by atoms with van der Waals surface area (Å²) in [6, 6.07) is 35.5. The van der Waals surface area contributed by atoms with Crippen molar-refractivity contribution in [2.24, 2.45) is 0 Å². The van der Waals surface area contributed by atoms with Crippen LogP contribution in [0.2, 0.25) is 0 Å². The van der Waals surface area contributed by atoms with Gasteiger partial charge in [-0.05, 0) is 102 Å². The molecule has 0 amide bonds. The van der Waals surface area contributed by atoms with Crippen LogP contribution in [0.25, 0.3) is 28.0 Å². The molecule has 3 heteroatoms. The third kappa shape index (κ3) is 5.84. The quantitative estimate of drug-likeness (QED) is 0.181. The van der Waals surface area contributed by atoms with E-state index in [2.05, 4.69) is 137 Å². The van der Waals surface area contributed by atoms with Crippen LogP contribution in [0, 0.1) is 0 Å². The van der Waals surface area contributed by atoms with Crippen LogP contribution in [-0.4, -0.2) is 19.3 Å². The number of ether oxygens (including phenoxy) is 3. The van der Waals surface area contributed by atoms with E-state index in [1.807, 2.05) is 7.11 Å². The molecule has 1 heterocycles. The van der Waals surface area contributed by atoms with Gasteiger partial charge in [-0.15, -0.1) is 0 Å². The Hall–Kier alpha value is -4.34. The Bertz CT molecular complexity index is 2010. The van der Waals surface area contributed by atoms with Crippen molar-refractivity contribution < 1.29 is 14.2 Å². The van der Waals surface area contributed by atoms with Crippen molar-refractivity contribution in [2.75, 3.05) is 7.11 Å². The highest BCUT2D eigenvalue weighted by Gasteiger charge is 2.44. The van der Waals surface area contributed by atoms with E-state index >= 15 is 0 Å². The molecular formula is C47H50O3. The van der Waals surface area contributed by atoms with Gasteiger partial charge in [-0.25, -0.2) is 0 Å². The average Bonchev–Trinajstić information content (AvgIpc) is 4.05. The smallest absolute Gasteiger partial charge is 0.178 e. The van der Waals surface area contributed by atoms with E-state index in [0.29, 0.717) is 17.8 Å². The first-order chi connectivity index (χ1) is 24.4. The van der Waals surface area contributed by atoms with Crippen molar-refractivity contribution >= 4 is 16.8 Å². The van der Waals surface area contributed by atoms with Gasteiger partial charge in [-0.1, -0.05) is 124 Å². The maximum atomic E-state index is 7.55. The molecule has 0 aromatic heterocycles. The molecular weight excluding hydrogens is 613 g/mol. The zero-order valence-corrected chi connectivity index (χ0v) is 30.2. The van der Waals surface area contributed by atoms with Crippen molar-refractivity contribution in [2.45, 2.75) is 102 Å². The van der Waals surface area contributed by atoms with Gasteiger partial charge in [0.15, 0.2) is 5.60 Å². The normalized spacial score (nSPS) is 22.8. The van der Waals surface area contributed by atoms with E-state index in [0.717, 1.165) is 47.3 Å². The third-order valence-electron chi connectivity index (χ3n) is 11.1. The molecule has 5 aromatic rings. The molecule has 0 N–H and O–H groups in total. The molecule has 5 aromatic carbocycles. The number of fused-ring (bicyclic) bond motifs is 11. The lowest BCUT2D eigenvalue weighted by Crippen LogP contribution is -2.35. The monoisotopic (exact) mass is 662 g/mol. The Kier molecular flexibility index (Phi) is 8.81. The molecule has 4 atom stereocenters. The molecule has 0 saturated heterocycles. The molecule has 4 aliphatic rings. The van der Waals surface area contributed by atoms with Crippen LogP contribution in [0.4, 0.5) is 0 Å². The molecule has 0 bridgehead atoms. The van der Waals surface area contributed by atoms with Crippen molar-refractivity contribution in [1.29, 1.82) is 0 Å². The van der Waals surface area contributed by atoms with Gasteiger partial charge >= 0.3 is 0 Å². The predicted molar refractivity (Wildman–Crippen MR) is 207 cm³/mol. The van der Waals surface area contributed by atoms with Crippen molar-refractivity contribution in [3.63, 3.8) is 0 Å². The molecule has 0 radical (unpaired) electrons. The summed E-state index contributed by atoms with van der Waals surface area (Å²) < 4.78 is 19.6. The predicted octanol–water partition coefficient (Wildman–Crippen LogP) is 12.3. The first-order valence-corrected chi connectivity index (χ1v) is 18.8. The maximum Gasteiger partial charge on any atom is 0.178 e. The van der Waals surface area contributed by atoms with E-state index in [1.165, 1.54) is 58.0 Å². The Labute approximate surface area is 298 Å². The standard InChI is InChI=1S/C44H44O3.C3H6/c1-27(2)29-14-16-30(17-15-29)44(31-18-20-32(21-19-31)46-28(3)4)25-24-39-42-40-26-33(45-5)22-23-35(40)34-10-6-7-11-36(34)41(42)37-12-8-9-13-38(37)43(39)47-44;1-2-3-1/h6-21,24-25,27-28,33,35,40H,22-23,26H2,1-5H3;1-3H2. The van der Waals surface area contributed by atoms with Gasteiger partial charge < -0.3 is 14.2 Å². The second-order valence-corrected chi connectivity index (χ2v) is 15.2. The summed E-state index contributed by atoms with van der Waals surface area (Å²) in [6.45, 7) is 8.61. The van der Waals surface area contributed by atoms with Crippen LogP contribution in [0.3, 0.4) is 0 Å². The summed E-state index contributed by atoms with van der Waals surface area (Å²) >= 11 is 0. The van der Waals surface area contributed by atoms with Crippen molar-refractivity contribution in [3.8, 4) is 22.6 Å². The molecule has 2 fully saturated rings. The fourth-order valence-electron chi connectivity index (χ4n) is 8.52. The van der Waals surface area contributed by atoms with Gasteiger partial charge in [0, 0.05) is 29.2 Å². The zero-order valence-electron chi connectivity index (χ0n) is 30.2. The zero-order chi connectivity index (χ0) is 34.4. The van der Waals surface area contributed by atoms with E-state index in [1.54, 1.807) is 0 Å². The lowest BCUT2D eigenvalue weighted by molar-refractivity contribution is 0.0569. The largest absolute Gasteiger partial charge is 0.491 e. The van der Waals surface area contributed by atoms with Crippen LogP contribution in [0.15, 0.2) is 103 Å². The van der Waals surface area contributed by atoms with Crippen LogP contribution in [-0.2, 0) is 10.3 Å². The average molecular weight is 663 g/mol. The third-order valence-corrected chi connectivity index (χ3v) is 11.1. The lowest BCUT2D eigenvalue weighted by Gasteiger charge is -2.44. The van der Waals surface area contributed by atoms with E-state index in [4.69, 9.17) is 14.2 Å². The second kappa shape index (κ2) is 13.4. The summed E-state index contributed by atoms with van der Waals surface area (Å²) in [5.74, 6) is 3.11. The molecule has 1 aliphatic heterocycles. The molecule has 4 unspecified atom stereocenters. The van der Waals surface area contributed by atoms with Crippen LogP contribution < -0.4 is 9.47 Å². The molecule has 0 spiro atoms. The van der Waals surface area contributed by atoms with E-state index < -0.39 is 5.60 Å². The Morgan fingerprint density at radius 1 is 0.720 bits per heavy atom. The van der Waals surface area contributed by atoms with Gasteiger partial charge in [0.2, 0.25) is 0 Å². The highest BCUT2D eigenvalue weighted by atomic mass is 16.5. The van der Waals surface area contributed by atoms with Crippen LogP contribution >= 0.6 is 0 Å². The van der Waals surface area contributed by atoms with E-state index in [-0.39, 0.29) is 12.2 Å². The minimum absolute atomic E-state index is 0.111. The molecule has 3 aliphatic carbocycles. The summed E-state index contributed by atoms with van der Waals surface area (Å²) in [4.78, 5) is 0. The SMILES string of the molecule is C1CC1.COC1CCC2c3ccccc3-c3c(c4c(c5ccccc35)OC(c3ccc(OC(C)C)cc3)(c3ccc(C(C)C)cc3)C=C4)C2C1. The first kappa shape index (κ1) is 32.8. The molecule has 50 heavy (non-hydrogen) atoms. The number of rotatable bonds is 6. The highest BCUT2D eigenvalue weighted by Crippen LogP contribution is 2.59. The minimum Gasteiger partial charge on any atom is -0.491 e. The van der Waals surface area contributed by atoms with Gasteiger partial charge in [-0.2, -0.15) is 0 Å². The van der Waals surface area contributed by atoms with Gasteiger partial charge in [-0.3, -0.25) is 0 Å². The van der Waals surface area contributed by atoms with Gasteiger partial charge in [0.25, 0.3) is 0 Å². The fraction of sp³-hybridized carbons (Fsp3) is 0.362. The Morgan fingerprint density at radius 2 is 1.38 bits per heavy atom. The molecule has 3 nitrogen and oxygen atoms in total. The minimum atomic E-state index is -0.802. The number of benzene rings is 5. The van der Waals surface area contributed by atoms with Crippen LogP contribution in [0.5, 0.6) is 11.5 Å². The summed E-state index contributed by atoms with van der Waals surface area (Å²) in [5.41, 5.74) is 9.56. The topological polar surface area (TPSA) is 27.7 Å². The summed E-state index contributed by atoms with van der Waals surface area (Å²) in [6.07, 6.45) is 12.8. The van der Waals surface area contributed by atoms with Crippen molar-refractivity contribution in [3.05, 3.63) is 137 Å². The first-order valence-electron chi connectivity index (χ1n) is 18.8.